The Hall–Kier alpha value is -1.63. The molecule has 0 amide bonds. The molecule has 0 radical (unpaired) electrons. The van der Waals surface area contributed by atoms with Crippen molar-refractivity contribution in [3.8, 4) is 11.3 Å². The zero-order valence-corrected chi connectivity index (χ0v) is 9.32. The van der Waals surface area contributed by atoms with Gasteiger partial charge >= 0.3 is 0 Å². The molecule has 1 aromatic heterocycles. The van der Waals surface area contributed by atoms with Crippen molar-refractivity contribution < 1.29 is 0 Å². The van der Waals surface area contributed by atoms with Crippen LogP contribution in [0.25, 0.3) is 11.3 Å². The Morgan fingerprint density at radius 1 is 0.875 bits per heavy atom. The average molecular weight is 209 g/mol. The van der Waals surface area contributed by atoms with Gasteiger partial charge in [0.15, 0.2) is 0 Å². The van der Waals surface area contributed by atoms with Crippen molar-refractivity contribution in [2.24, 2.45) is 0 Å². The van der Waals surface area contributed by atoms with Crippen molar-refractivity contribution in [1.82, 2.24) is 4.98 Å². The van der Waals surface area contributed by atoms with E-state index in [1.807, 2.05) is 6.20 Å². The highest BCUT2D eigenvalue weighted by atomic mass is 14.7. The molecule has 80 valence electrons. The minimum atomic E-state index is 1.19. The molecular formula is C15H15N. The fourth-order valence-corrected chi connectivity index (χ4v) is 2.51. The first kappa shape index (κ1) is 9.59. The molecule has 16 heavy (non-hydrogen) atoms. The first-order valence-electron chi connectivity index (χ1n) is 5.97. The average Bonchev–Trinajstić information content (AvgIpc) is 2.39. The topological polar surface area (TPSA) is 12.9 Å². The van der Waals surface area contributed by atoms with E-state index in [0.29, 0.717) is 0 Å². The number of aromatic nitrogens is 1. The van der Waals surface area contributed by atoms with Gasteiger partial charge in [0, 0.05) is 11.8 Å². The first-order chi connectivity index (χ1) is 7.95. The van der Waals surface area contributed by atoms with Crippen LogP contribution in [0.2, 0.25) is 0 Å². The van der Waals surface area contributed by atoms with Crippen molar-refractivity contribution in [3.63, 3.8) is 0 Å². The lowest BCUT2D eigenvalue weighted by Crippen LogP contribution is -2.05. The third-order valence-corrected chi connectivity index (χ3v) is 3.32. The van der Waals surface area contributed by atoms with E-state index in [-0.39, 0.29) is 0 Å². The Bertz CT molecular complexity index is 488. The van der Waals surface area contributed by atoms with Crippen molar-refractivity contribution >= 4 is 0 Å². The monoisotopic (exact) mass is 209 g/mol. The minimum absolute atomic E-state index is 1.19. The van der Waals surface area contributed by atoms with E-state index < -0.39 is 0 Å². The number of benzene rings is 1. The van der Waals surface area contributed by atoms with E-state index in [1.165, 1.54) is 48.1 Å². The minimum Gasteiger partial charge on any atom is -0.256 e. The van der Waals surface area contributed by atoms with Crippen LogP contribution in [0.15, 0.2) is 42.6 Å². The Balaban J connectivity index is 2.14. The van der Waals surface area contributed by atoms with Crippen LogP contribution in [0, 0.1) is 0 Å². The molecule has 0 unspecified atom stereocenters. The van der Waals surface area contributed by atoms with Gasteiger partial charge in [0.1, 0.15) is 0 Å². The Labute approximate surface area is 96.2 Å². The first-order valence-corrected chi connectivity index (χ1v) is 5.97. The van der Waals surface area contributed by atoms with E-state index in [1.54, 1.807) is 0 Å². The third-order valence-electron chi connectivity index (χ3n) is 3.32. The molecule has 0 aliphatic heterocycles. The smallest absolute Gasteiger partial charge is 0.0736 e. The second kappa shape index (κ2) is 4.09. The number of rotatable bonds is 1. The SMILES string of the molecule is c1ccc(-c2nccc3c2CCCC3)cc1. The fraction of sp³-hybridized carbons (Fsp3) is 0.267. The third kappa shape index (κ3) is 1.63. The van der Waals surface area contributed by atoms with Gasteiger partial charge in [0.05, 0.1) is 5.69 Å². The molecule has 0 saturated heterocycles. The van der Waals surface area contributed by atoms with Gasteiger partial charge in [-0.05, 0) is 42.9 Å². The zero-order chi connectivity index (χ0) is 10.8. The molecule has 1 aliphatic carbocycles. The van der Waals surface area contributed by atoms with Crippen molar-refractivity contribution in [2.75, 3.05) is 0 Å². The highest BCUT2D eigenvalue weighted by molar-refractivity contribution is 5.64. The molecule has 0 bridgehead atoms. The summed E-state index contributed by atoms with van der Waals surface area (Å²) in [5.41, 5.74) is 5.42. The highest BCUT2D eigenvalue weighted by Gasteiger charge is 2.14. The van der Waals surface area contributed by atoms with E-state index >= 15 is 0 Å². The second-order valence-electron chi connectivity index (χ2n) is 4.37. The number of pyridine rings is 1. The molecule has 1 heterocycles. The number of nitrogens with zero attached hydrogens (tertiary/aromatic N) is 1. The molecule has 1 nitrogen and oxygen atoms in total. The van der Waals surface area contributed by atoms with Gasteiger partial charge in [-0.25, -0.2) is 0 Å². The largest absolute Gasteiger partial charge is 0.256 e. The second-order valence-corrected chi connectivity index (χ2v) is 4.37. The molecule has 0 fully saturated rings. The number of hydrogen-bond donors (Lipinski definition) is 0. The molecule has 2 aromatic rings. The van der Waals surface area contributed by atoms with Crippen LogP contribution in [-0.4, -0.2) is 4.98 Å². The van der Waals surface area contributed by atoms with Crippen molar-refractivity contribution in [3.05, 3.63) is 53.7 Å². The molecule has 1 aromatic carbocycles. The molecule has 1 heteroatoms. The molecule has 0 spiro atoms. The van der Waals surface area contributed by atoms with Gasteiger partial charge in [-0.1, -0.05) is 30.3 Å². The van der Waals surface area contributed by atoms with Crippen LogP contribution < -0.4 is 0 Å². The summed E-state index contributed by atoms with van der Waals surface area (Å²) in [6.45, 7) is 0. The lowest BCUT2D eigenvalue weighted by Gasteiger charge is -2.18. The quantitative estimate of drug-likeness (QED) is 0.699. The number of hydrogen-bond acceptors (Lipinski definition) is 1. The zero-order valence-electron chi connectivity index (χ0n) is 9.32. The maximum absolute atomic E-state index is 4.56. The summed E-state index contributed by atoms with van der Waals surface area (Å²) in [4.78, 5) is 4.56. The molecule has 0 saturated carbocycles. The van der Waals surface area contributed by atoms with Crippen LogP contribution in [-0.2, 0) is 12.8 Å². The molecule has 0 atom stereocenters. The Kier molecular flexibility index (Phi) is 2.45. The maximum atomic E-state index is 4.56. The van der Waals surface area contributed by atoms with Crippen molar-refractivity contribution in [2.45, 2.75) is 25.7 Å². The summed E-state index contributed by atoms with van der Waals surface area (Å²) in [6.07, 6.45) is 6.99. The summed E-state index contributed by atoms with van der Waals surface area (Å²) in [5, 5.41) is 0. The summed E-state index contributed by atoms with van der Waals surface area (Å²) in [7, 11) is 0. The summed E-state index contributed by atoms with van der Waals surface area (Å²) in [6, 6.07) is 12.7. The van der Waals surface area contributed by atoms with E-state index in [9.17, 15) is 0 Å². The highest BCUT2D eigenvalue weighted by Crippen LogP contribution is 2.29. The van der Waals surface area contributed by atoms with Gasteiger partial charge < -0.3 is 0 Å². The Morgan fingerprint density at radius 2 is 1.69 bits per heavy atom. The predicted octanol–water partition coefficient (Wildman–Crippen LogP) is 3.63. The predicted molar refractivity (Wildman–Crippen MR) is 66.3 cm³/mol. The normalized spacial score (nSPS) is 14.5. The van der Waals surface area contributed by atoms with E-state index in [2.05, 4.69) is 41.4 Å². The van der Waals surface area contributed by atoms with Crippen LogP contribution in [0.3, 0.4) is 0 Å². The van der Waals surface area contributed by atoms with Gasteiger partial charge in [0.25, 0.3) is 0 Å². The van der Waals surface area contributed by atoms with Crippen LogP contribution in [0.1, 0.15) is 24.0 Å². The van der Waals surface area contributed by atoms with Crippen LogP contribution in [0.4, 0.5) is 0 Å². The van der Waals surface area contributed by atoms with Gasteiger partial charge in [-0.2, -0.15) is 0 Å². The molecule has 3 rings (SSSR count). The lowest BCUT2D eigenvalue weighted by atomic mass is 9.89. The van der Waals surface area contributed by atoms with Gasteiger partial charge in [-0.15, -0.1) is 0 Å². The van der Waals surface area contributed by atoms with E-state index in [4.69, 9.17) is 0 Å². The maximum Gasteiger partial charge on any atom is 0.0736 e. The summed E-state index contributed by atoms with van der Waals surface area (Å²) < 4.78 is 0. The fourth-order valence-electron chi connectivity index (χ4n) is 2.51. The standard InChI is InChI=1S/C15H15N/c1-2-7-13(8-3-1)15-14-9-5-4-6-12(14)10-11-16-15/h1-3,7-8,10-11H,4-6,9H2. The molecular weight excluding hydrogens is 194 g/mol. The van der Waals surface area contributed by atoms with E-state index in [0.717, 1.165) is 0 Å². The Morgan fingerprint density at radius 3 is 2.56 bits per heavy atom. The van der Waals surface area contributed by atoms with Crippen molar-refractivity contribution in [1.29, 1.82) is 0 Å². The van der Waals surface area contributed by atoms with Gasteiger partial charge in [0.2, 0.25) is 0 Å². The van der Waals surface area contributed by atoms with Crippen LogP contribution >= 0.6 is 0 Å². The lowest BCUT2D eigenvalue weighted by molar-refractivity contribution is 0.684. The molecule has 1 aliphatic rings. The number of aryl methyl sites for hydroxylation is 1. The number of fused-ring (bicyclic) bond motifs is 1. The molecule has 0 N–H and O–H groups in total. The summed E-state index contributed by atoms with van der Waals surface area (Å²) in [5.74, 6) is 0. The van der Waals surface area contributed by atoms with Gasteiger partial charge in [-0.3, -0.25) is 4.98 Å². The van der Waals surface area contributed by atoms with Crippen LogP contribution in [0.5, 0.6) is 0 Å². The summed E-state index contributed by atoms with van der Waals surface area (Å²) >= 11 is 0.